The molecule has 9 heteroatoms. The highest BCUT2D eigenvalue weighted by atomic mass is 35.5. The van der Waals surface area contributed by atoms with E-state index >= 15 is 0 Å². The van der Waals surface area contributed by atoms with E-state index in [1.54, 1.807) is 6.92 Å². The monoisotopic (exact) mass is 497 g/mol. The van der Waals surface area contributed by atoms with E-state index in [1.807, 2.05) is 18.2 Å². The molecule has 0 spiro atoms. The van der Waals surface area contributed by atoms with Crippen LogP contribution in [0.3, 0.4) is 0 Å². The van der Waals surface area contributed by atoms with Crippen molar-refractivity contribution in [1.29, 1.82) is 0 Å². The molecule has 1 atom stereocenters. The van der Waals surface area contributed by atoms with Crippen LogP contribution in [0.15, 0.2) is 42.5 Å². The number of piperidine rings is 1. The molecule has 1 amide bonds. The first-order chi connectivity index (χ1) is 15.1. The zero-order chi connectivity index (χ0) is 23.3. The number of rotatable bonds is 8. The SMILES string of the molecule is CC(C(=O)NCc1ccccc1CN1CCCCC1)N(c1cc(Cl)cc(Cl)c1)S(C)(=O)=O. The molecule has 0 saturated carbocycles. The standard InChI is InChI=1S/C23H29Cl2N3O3S/c1-17(28(32(2,30)31)22-13-20(24)12-21(25)14-22)23(29)26-15-18-8-4-5-9-19(18)16-27-10-6-3-7-11-27/h4-5,8-9,12-14,17H,3,6-7,10-11,15-16H2,1-2H3,(H,26,29). The van der Waals surface area contributed by atoms with Gasteiger partial charge in [0, 0.05) is 23.1 Å². The molecule has 0 aromatic heterocycles. The van der Waals surface area contributed by atoms with Gasteiger partial charge in [0.25, 0.3) is 0 Å². The molecule has 1 saturated heterocycles. The highest BCUT2D eigenvalue weighted by molar-refractivity contribution is 7.92. The Morgan fingerprint density at radius 2 is 1.66 bits per heavy atom. The average Bonchev–Trinajstić information content (AvgIpc) is 2.72. The minimum absolute atomic E-state index is 0.248. The second-order valence-corrected chi connectivity index (χ2v) is 10.9. The topological polar surface area (TPSA) is 69.7 Å². The van der Waals surface area contributed by atoms with Crippen molar-refractivity contribution in [2.75, 3.05) is 23.7 Å². The molecule has 0 radical (unpaired) electrons. The lowest BCUT2D eigenvalue weighted by Crippen LogP contribution is -2.47. The van der Waals surface area contributed by atoms with Crippen molar-refractivity contribution in [3.05, 3.63) is 63.6 Å². The molecule has 2 aromatic carbocycles. The second-order valence-electron chi connectivity index (χ2n) is 8.19. The van der Waals surface area contributed by atoms with Gasteiger partial charge in [-0.1, -0.05) is 53.9 Å². The van der Waals surface area contributed by atoms with E-state index in [4.69, 9.17) is 23.2 Å². The molecule has 2 aromatic rings. The fourth-order valence-electron chi connectivity index (χ4n) is 4.05. The first-order valence-corrected chi connectivity index (χ1v) is 13.3. The van der Waals surface area contributed by atoms with Crippen molar-refractivity contribution in [3.8, 4) is 0 Å². The van der Waals surface area contributed by atoms with E-state index in [0.717, 1.165) is 35.8 Å². The Hall–Kier alpha value is -1.80. The summed E-state index contributed by atoms with van der Waals surface area (Å²) in [6.07, 6.45) is 4.76. The third-order valence-electron chi connectivity index (χ3n) is 5.60. The minimum Gasteiger partial charge on any atom is -0.350 e. The summed E-state index contributed by atoms with van der Waals surface area (Å²) < 4.78 is 26.1. The van der Waals surface area contributed by atoms with Crippen molar-refractivity contribution in [2.45, 2.75) is 45.3 Å². The van der Waals surface area contributed by atoms with Crippen molar-refractivity contribution in [3.63, 3.8) is 0 Å². The van der Waals surface area contributed by atoms with Crippen LogP contribution in [0.2, 0.25) is 10.0 Å². The Morgan fingerprint density at radius 3 is 2.25 bits per heavy atom. The lowest BCUT2D eigenvalue weighted by atomic mass is 10.0. The van der Waals surface area contributed by atoms with Crippen molar-refractivity contribution in [2.24, 2.45) is 0 Å². The highest BCUT2D eigenvalue weighted by Gasteiger charge is 2.29. The third-order valence-corrected chi connectivity index (χ3v) is 7.28. The fraction of sp³-hybridized carbons (Fsp3) is 0.435. The van der Waals surface area contributed by atoms with Gasteiger partial charge in [-0.3, -0.25) is 14.0 Å². The summed E-state index contributed by atoms with van der Waals surface area (Å²) in [6.45, 7) is 4.89. The average molecular weight is 498 g/mol. The number of carbonyl (C=O) groups excluding carboxylic acids is 1. The Bertz CT molecular complexity index is 1040. The van der Waals surface area contributed by atoms with Gasteiger partial charge in [0.1, 0.15) is 6.04 Å². The number of halogens is 2. The molecule has 1 fully saturated rings. The molecule has 1 N–H and O–H groups in total. The molecular weight excluding hydrogens is 469 g/mol. The molecule has 32 heavy (non-hydrogen) atoms. The molecule has 0 aliphatic carbocycles. The summed E-state index contributed by atoms with van der Waals surface area (Å²) in [5.41, 5.74) is 2.44. The van der Waals surface area contributed by atoms with E-state index in [-0.39, 0.29) is 5.69 Å². The summed E-state index contributed by atoms with van der Waals surface area (Å²) in [5, 5.41) is 3.48. The molecular formula is C23H29Cl2N3O3S. The van der Waals surface area contributed by atoms with Gasteiger partial charge < -0.3 is 5.32 Å². The molecule has 1 unspecified atom stereocenters. The number of sulfonamides is 1. The highest BCUT2D eigenvalue weighted by Crippen LogP contribution is 2.28. The normalized spacial score (nSPS) is 15.9. The van der Waals surface area contributed by atoms with Crippen LogP contribution in [0.25, 0.3) is 0 Å². The van der Waals surface area contributed by atoms with E-state index in [1.165, 1.54) is 43.0 Å². The van der Waals surface area contributed by atoms with E-state index in [9.17, 15) is 13.2 Å². The molecule has 1 aliphatic rings. The maximum atomic E-state index is 13.0. The van der Waals surface area contributed by atoms with E-state index in [2.05, 4.69) is 16.3 Å². The van der Waals surface area contributed by atoms with Gasteiger partial charge >= 0.3 is 0 Å². The summed E-state index contributed by atoms with van der Waals surface area (Å²) in [5.74, 6) is -0.403. The molecule has 174 valence electrons. The molecule has 1 aliphatic heterocycles. The molecule has 3 rings (SSSR count). The van der Waals surface area contributed by atoms with Crippen LogP contribution < -0.4 is 9.62 Å². The number of anilines is 1. The maximum absolute atomic E-state index is 13.0. The first kappa shape index (κ1) is 24.8. The maximum Gasteiger partial charge on any atom is 0.243 e. The number of carbonyl (C=O) groups is 1. The molecule has 1 heterocycles. The predicted octanol–water partition coefficient (Wildman–Crippen LogP) is 4.45. The number of nitrogens with one attached hydrogen (secondary N) is 1. The number of hydrogen-bond acceptors (Lipinski definition) is 4. The van der Waals surface area contributed by atoms with Crippen LogP contribution >= 0.6 is 23.2 Å². The van der Waals surface area contributed by atoms with Crippen LogP contribution in [0, 0.1) is 0 Å². The summed E-state index contributed by atoms with van der Waals surface area (Å²) in [7, 11) is -3.76. The number of likely N-dealkylation sites (tertiary alicyclic amines) is 1. The lowest BCUT2D eigenvalue weighted by molar-refractivity contribution is -0.122. The van der Waals surface area contributed by atoms with Gasteiger partial charge in [-0.25, -0.2) is 8.42 Å². The van der Waals surface area contributed by atoms with E-state index in [0.29, 0.717) is 16.6 Å². The number of nitrogens with zero attached hydrogens (tertiary/aromatic N) is 2. The van der Waals surface area contributed by atoms with E-state index < -0.39 is 22.0 Å². The Morgan fingerprint density at radius 1 is 1.06 bits per heavy atom. The minimum atomic E-state index is -3.76. The van der Waals surface area contributed by atoms with Crippen molar-refractivity contribution in [1.82, 2.24) is 10.2 Å². The van der Waals surface area contributed by atoms with Crippen LogP contribution in [0.4, 0.5) is 5.69 Å². The number of hydrogen-bond donors (Lipinski definition) is 1. The van der Waals surface area contributed by atoms with Crippen molar-refractivity contribution < 1.29 is 13.2 Å². The third kappa shape index (κ3) is 6.61. The van der Waals surface area contributed by atoms with Crippen LogP contribution in [-0.2, 0) is 27.9 Å². The van der Waals surface area contributed by atoms with Crippen LogP contribution in [0.5, 0.6) is 0 Å². The largest absolute Gasteiger partial charge is 0.350 e. The van der Waals surface area contributed by atoms with Gasteiger partial charge in [-0.05, 0) is 62.2 Å². The lowest BCUT2D eigenvalue weighted by Gasteiger charge is -2.29. The van der Waals surface area contributed by atoms with Gasteiger partial charge in [-0.2, -0.15) is 0 Å². The predicted molar refractivity (Wildman–Crippen MR) is 131 cm³/mol. The Kier molecular flexibility index (Phi) is 8.44. The van der Waals surface area contributed by atoms with Gasteiger partial charge in [0.2, 0.25) is 15.9 Å². The fourth-order valence-corrected chi connectivity index (χ4v) is 5.72. The van der Waals surface area contributed by atoms with Gasteiger partial charge in [0.05, 0.1) is 11.9 Å². The van der Waals surface area contributed by atoms with Crippen molar-refractivity contribution >= 4 is 44.8 Å². The Labute approximate surface area is 200 Å². The second kappa shape index (κ2) is 10.9. The van der Waals surface area contributed by atoms with Crippen LogP contribution in [0.1, 0.15) is 37.3 Å². The summed E-state index contributed by atoms with van der Waals surface area (Å²) >= 11 is 12.1. The smallest absolute Gasteiger partial charge is 0.243 e. The Balaban J connectivity index is 1.73. The van der Waals surface area contributed by atoms with Gasteiger partial charge in [0.15, 0.2) is 0 Å². The summed E-state index contributed by atoms with van der Waals surface area (Å²) in [4.78, 5) is 15.4. The zero-order valence-corrected chi connectivity index (χ0v) is 20.7. The molecule has 6 nitrogen and oxygen atoms in total. The summed E-state index contributed by atoms with van der Waals surface area (Å²) in [6, 6.07) is 11.5. The first-order valence-electron chi connectivity index (χ1n) is 10.7. The van der Waals surface area contributed by atoms with Gasteiger partial charge in [-0.15, -0.1) is 0 Å². The zero-order valence-electron chi connectivity index (χ0n) is 18.4. The number of benzene rings is 2. The van der Waals surface area contributed by atoms with Crippen LogP contribution in [-0.4, -0.2) is 44.6 Å². The molecule has 0 bridgehead atoms. The number of amides is 1. The quantitative estimate of drug-likeness (QED) is 0.584.